The first-order valence-electron chi connectivity index (χ1n) is 31.3. The van der Waals surface area contributed by atoms with Crippen LogP contribution < -0.4 is 0 Å². The molecule has 6 nitrogen and oxygen atoms in total. The van der Waals surface area contributed by atoms with Gasteiger partial charge >= 0.3 is 17.9 Å². The molecule has 0 fully saturated rings. The topological polar surface area (TPSA) is 78.9 Å². The molecule has 77 heavy (non-hydrogen) atoms. The first kappa shape index (κ1) is 72.3. The Labute approximate surface area is 474 Å². The smallest absolute Gasteiger partial charge is 0.306 e. The minimum Gasteiger partial charge on any atom is -0.462 e. The first-order valence-corrected chi connectivity index (χ1v) is 31.3. The Balaban J connectivity index is 4.49. The monoisotopic (exact) mass is 1060 g/mol. The highest BCUT2D eigenvalue weighted by atomic mass is 16.6. The SMILES string of the molecule is CC/C=C\C/C=C\C/C=C\C/C=C\C/C=C\C/C=C\C/C=C\C/C=C\CCCCC(=O)OCC(COC(=O)CCCCCCCCCCCCCCCCC)OC(=O)CCCCCC/C=C\C/C=C\C/C=C\C/C=C\CC. The van der Waals surface area contributed by atoms with E-state index >= 15 is 0 Å². The van der Waals surface area contributed by atoms with Crippen molar-refractivity contribution in [1.82, 2.24) is 0 Å². The van der Waals surface area contributed by atoms with Crippen molar-refractivity contribution in [2.24, 2.45) is 0 Å². The Kier molecular flexibility index (Phi) is 59.9. The van der Waals surface area contributed by atoms with Crippen LogP contribution in [0.15, 0.2) is 146 Å². The number of esters is 3. The van der Waals surface area contributed by atoms with E-state index in [1.54, 1.807) is 0 Å². The Bertz CT molecular complexity index is 1700. The van der Waals surface area contributed by atoms with Gasteiger partial charge in [0.25, 0.3) is 0 Å². The van der Waals surface area contributed by atoms with Crippen LogP contribution in [0.3, 0.4) is 0 Å². The minimum absolute atomic E-state index is 0.105. The number of carbonyl (C=O) groups excluding carboxylic acids is 3. The van der Waals surface area contributed by atoms with E-state index in [9.17, 15) is 14.4 Å². The maximum absolute atomic E-state index is 12.9. The van der Waals surface area contributed by atoms with Gasteiger partial charge in [0.15, 0.2) is 6.10 Å². The minimum atomic E-state index is -0.815. The van der Waals surface area contributed by atoms with Gasteiger partial charge in [-0.05, 0) is 122 Å². The zero-order valence-electron chi connectivity index (χ0n) is 49.7. The third kappa shape index (κ3) is 62.0. The molecule has 0 aromatic heterocycles. The van der Waals surface area contributed by atoms with E-state index in [1.165, 1.54) is 77.0 Å². The number of unbranched alkanes of at least 4 members (excludes halogenated alkanes) is 20. The van der Waals surface area contributed by atoms with E-state index in [0.29, 0.717) is 19.3 Å². The summed E-state index contributed by atoms with van der Waals surface area (Å²) in [6.07, 6.45) is 91.3. The fourth-order valence-electron chi connectivity index (χ4n) is 8.21. The lowest BCUT2D eigenvalue weighted by atomic mass is 10.0. The summed E-state index contributed by atoms with van der Waals surface area (Å²) in [5.41, 5.74) is 0. The van der Waals surface area contributed by atoms with Crippen LogP contribution >= 0.6 is 0 Å². The standard InChI is InChI=1S/C71H114O6/c1-4-7-10-13-16-19-22-25-28-30-31-32-33-34-35-36-37-38-39-41-43-46-49-52-55-58-61-64-70(73)76-67-68(66-75-69(72)63-60-57-54-51-48-45-42-27-24-21-18-15-12-9-6-3)77-71(74)65-62-59-56-53-50-47-44-40-29-26-23-20-17-14-11-8-5-2/h7-8,10-11,16-17,19-20,25-26,28-29,31-32,34-35,37-38,41,43-44,47,49,52,68H,4-6,9,12-15,18,21-24,27,30,33,36,39-40,42,45-46,48,50-51,53-67H2,1-3H3/b10-7-,11-8-,19-16-,20-17-,28-25-,29-26-,32-31-,35-34-,38-37-,43-41-,47-44-,52-49-. The summed E-state index contributed by atoms with van der Waals surface area (Å²) in [7, 11) is 0. The summed E-state index contributed by atoms with van der Waals surface area (Å²) >= 11 is 0. The molecule has 0 heterocycles. The molecule has 0 spiro atoms. The molecule has 0 radical (unpaired) electrons. The van der Waals surface area contributed by atoms with Crippen LogP contribution in [0.4, 0.5) is 0 Å². The molecule has 6 heteroatoms. The summed E-state index contributed by atoms with van der Waals surface area (Å²) in [5.74, 6) is -0.975. The number of rotatable bonds is 55. The third-order valence-electron chi connectivity index (χ3n) is 12.8. The lowest BCUT2D eigenvalue weighted by molar-refractivity contribution is -0.167. The van der Waals surface area contributed by atoms with Crippen LogP contribution in [0.5, 0.6) is 0 Å². The van der Waals surface area contributed by atoms with E-state index in [4.69, 9.17) is 14.2 Å². The maximum atomic E-state index is 12.9. The molecule has 0 aromatic rings. The second kappa shape index (κ2) is 63.8. The molecular formula is C71H114O6. The van der Waals surface area contributed by atoms with Crippen molar-refractivity contribution >= 4 is 17.9 Å². The molecular weight excluding hydrogens is 949 g/mol. The van der Waals surface area contributed by atoms with Crippen molar-refractivity contribution in [3.05, 3.63) is 146 Å². The van der Waals surface area contributed by atoms with Crippen LogP contribution in [-0.4, -0.2) is 37.2 Å². The molecule has 0 saturated carbocycles. The zero-order valence-corrected chi connectivity index (χ0v) is 49.7. The third-order valence-corrected chi connectivity index (χ3v) is 12.8. The highest BCUT2D eigenvalue weighted by molar-refractivity contribution is 5.71. The van der Waals surface area contributed by atoms with Crippen molar-refractivity contribution in [2.75, 3.05) is 13.2 Å². The maximum Gasteiger partial charge on any atom is 0.306 e. The van der Waals surface area contributed by atoms with E-state index in [1.807, 2.05) is 0 Å². The van der Waals surface area contributed by atoms with Crippen LogP contribution in [0.2, 0.25) is 0 Å². The molecule has 0 bridgehead atoms. The number of hydrogen-bond acceptors (Lipinski definition) is 6. The van der Waals surface area contributed by atoms with Crippen LogP contribution in [0.25, 0.3) is 0 Å². The highest BCUT2D eigenvalue weighted by Crippen LogP contribution is 2.15. The molecule has 0 aliphatic carbocycles. The van der Waals surface area contributed by atoms with Crippen LogP contribution in [0, 0.1) is 0 Å². The quantitative estimate of drug-likeness (QED) is 0.0261. The summed E-state index contributed by atoms with van der Waals surface area (Å²) in [4.78, 5) is 38.3. The average molecular weight is 1060 g/mol. The van der Waals surface area contributed by atoms with Gasteiger partial charge in [0.05, 0.1) is 0 Å². The Morgan fingerprint density at radius 1 is 0.273 bits per heavy atom. The van der Waals surface area contributed by atoms with Crippen molar-refractivity contribution < 1.29 is 28.6 Å². The van der Waals surface area contributed by atoms with Crippen molar-refractivity contribution in [2.45, 2.75) is 271 Å². The lowest BCUT2D eigenvalue weighted by Gasteiger charge is -2.18. The Morgan fingerprint density at radius 2 is 0.506 bits per heavy atom. The van der Waals surface area contributed by atoms with Crippen LogP contribution in [-0.2, 0) is 28.6 Å². The molecule has 0 aliphatic rings. The van der Waals surface area contributed by atoms with Gasteiger partial charge in [-0.2, -0.15) is 0 Å². The largest absolute Gasteiger partial charge is 0.462 e. The highest BCUT2D eigenvalue weighted by Gasteiger charge is 2.19. The van der Waals surface area contributed by atoms with Gasteiger partial charge in [0.2, 0.25) is 0 Å². The summed E-state index contributed by atoms with van der Waals surface area (Å²) < 4.78 is 16.9. The van der Waals surface area contributed by atoms with Gasteiger partial charge in [-0.25, -0.2) is 0 Å². The fraction of sp³-hybridized carbons (Fsp3) is 0.620. The zero-order chi connectivity index (χ0) is 55.7. The Hall–Kier alpha value is -4.71. The van der Waals surface area contributed by atoms with Crippen molar-refractivity contribution in [3.63, 3.8) is 0 Å². The lowest BCUT2D eigenvalue weighted by Crippen LogP contribution is -2.30. The molecule has 1 unspecified atom stereocenters. The molecule has 0 aliphatic heterocycles. The van der Waals surface area contributed by atoms with Gasteiger partial charge in [-0.3, -0.25) is 14.4 Å². The Morgan fingerprint density at radius 3 is 0.818 bits per heavy atom. The summed E-state index contributed by atoms with van der Waals surface area (Å²) in [6.45, 7) is 6.36. The van der Waals surface area contributed by atoms with Gasteiger partial charge in [-0.1, -0.05) is 269 Å². The molecule has 1 atom stereocenters. The molecule has 0 aromatic carbocycles. The molecule has 434 valence electrons. The summed E-state index contributed by atoms with van der Waals surface area (Å²) in [6, 6.07) is 0. The summed E-state index contributed by atoms with van der Waals surface area (Å²) in [5, 5.41) is 0. The number of carbonyl (C=O) groups is 3. The van der Waals surface area contributed by atoms with Crippen LogP contribution in [0.1, 0.15) is 265 Å². The average Bonchev–Trinajstić information content (AvgIpc) is 3.43. The molecule has 0 rings (SSSR count). The predicted octanol–water partition coefficient (Wildman–Crippen LogP) is 21.5. The number of allylic oxidation sites excluding steroid dienone is 24. The molecule has 0 N–H and O–H groups in total. The van der Waals surface area contributed by atoms with Crippen molar-refractivity contribution in [1.29, 1.82) is 0 Å². The first-order chi connectivity index (χ1) is 38.0. The van der Waals surface area contributed by atoms with Gasteiger partial charge in [-0.15, -0.1) is 0 Å². The van der Waals surface area contributed by atoms with E-state index < -0.39 is 6.10 Å². The molecule has 0 saturated heterocycles. The van der Waals surface area contributed by atoms with Gasteiger partial charge in [0, 0.05) is 19.3 Å². The molecule has 0 amide bonds. The van der Waals surface area contributed by atoms with Gasteiger partial charge in [0.1, 0.15) is 13.2 Å². The number of hydrogen-bond donors (Lipinski definition) is 0. The second-order valence-electron chi connectivity index (χ2n) is 20.2. The predicted molar refractivity (Wildman–Crippen MR) is 334 cm³/mol. The van der Waals surface area contributed by atoms with E-state index in [2.05, 4.69) is 167 Å². The second-order valence-corrected chi connectivity index (χ2v) is 20.2. The van der Waals surface area contributed by atoms with E-state index in [0.717, 1.165) is 141 Å². The van der Waals surface area contributed by atoms with E-state index in [-0.39, 0.29) is 37.5 Å². The van der Waals surface area contributed by atoms with Crippen molar-refractivity contribution in [3.8, 4) is 0 Å². The number of ether oxygens (including phenoxy) is 3. The normalized spacial score (nSPS) is 13.1. The van der Waals surface area contributed by atoms with Gasteiger partial charge < -0.3 is 14.2 Å². The fourth-order valence-corrected chi connectivity index (χ4v) is 8.21.